The van der Waals surface area contributed by atoms with Crippen molar-refractivity contribution in [1.82, 2.24) is 14.4 Å². The number of hydrogen-bond donors (Lipinski definition) is 2. The molecule has 5 heteroatoms. The molecule has 1 aromatic carbocycles. The van der Waals surface area contributed by atoms with Crippen molar-refractivity contribution in [3.05, 3.63) is 59.0 Å². The molecule has 0 unspecified atom stereocenters. The van der Waals surface area contributed by atoms with E-state index in [1.54, 1.807) is 0 Å². The Morgan fingerprint density at radius 2 is 1.78 bits per heavy atom. The standard InChI is InChI=1S/C22H25N5/c1-13-10-14(2)20(15(3)11-13)17-6-5-9-27-19(17)12-18-21(27)22(24-8-7-23)26-16(4)25-18/h5-6,9-12H,7-8,23H2,1-4H3,(H,24,25,26). The van der Waals surface area contributed by atoms with Crippen molar-refractivity contribution in [2.45, 2.75) is 27.7 Å². The average Bonchev–Trinajstić information content (AvgIpc) is 2.97. The number of nitrogens with zero attached hydrogens (tertiary/aromatic N) is 3. The van der Waals surface area contributed by atoms with Crippen LogP contribution in [0.4, 0.5) is 5.82 Å². The number of aryl methyl sites for hydroxylation is 4. The van der Waals surface area contributed by atoms with E-state index in [1.165, 1.54) is 27.8 Å². The Bertz CT molecular complexity index is 1130. The summed E-state index contributed by atoms with van der Waals surface area (Å²) in [7, 11) is 0. The van der Waals surface area contributed by atoms with Crippen molar-refractivity contribution >= 4 is 22.4 Å². The van der Waals surface area contributed by atoms with E-state index in [0.29, 0.717) is 13.1 Å². The van der Waals surface area contributed by atoms with Gasteiger partial charge in [-0.25, -0.2) is 9.97 Å². The van der Waals surface area contributed by atoms with Crippen LogP contribution in [0, 0.1) is 27.7 Å². The van der Waals surface area contributed by atoms with Gasteiger partial charge in [-0.2, -0.15) is 0 Å². The predicted octanol–water partition coefficient (Wildman–Crippen LogP) is 4.15. The van der Waals surface area contributed by atoms with E-state index >= 15 is 0 Å². The first-order chi connectivity index (χ1) is 13.0. The van der Waals surface area contributed by atoms with Crippen LogP contribution in [0.1, 0.15) is 22.5 Å². The zero-order chi connectivity index (χ0) is 19.1. The van der Waals surface area contributed by atoms with E-state index in [4.69, 9.17) is 5.73 Å². The van der Waals surface area contributed by atoms with Crippen LogP contribution in [0.5, 0.6) is 0 Å². The smallest absolute Gasteiger partial charge is 0.154 e. The molecule has 0 fully saturated rings. The van der Waals surface area contributed by atoms with Gasteiger partial charge in [-0.15, -0.1) is 0 Å². The minimum atomic E-state index is 0.556. The van der Waals surface area contributed by atoms with Gasteiger partial charge < -0.3 is 15.5 Å². The van der Waals surface area contributed by atoms with E-state index in [-0.39, 0.29) is 0 Å². The molecular weight excluding hydrogens is 334 g/mol. The number of aromatic nitrogens is 3. The molecule has 0 saturated heterocycles. The lowest BCUT2D eigenvalue weighted by Gasteiger charge is -2.13. The number of nitrogens with two attached hydrogens (primary N) is 1. The Labute approximate surface area is 159 Å². The van der Waals surface area contributed by atoms with Gasteiger partial charge in [-0.3, -0.25) is 0 Å². The first kappa shape index (κ1) is 17.5. The van der Waals surface area contributed by atoms with Crippen LogP contribution < -0.4 is 11.1 Å². The lowest BCUT2D eigenvalue weighted by Crippen LogP contribution is -2.15. The molecule has 0 aliphatic carbocycles. The summed E-state index contributed by atoms with van der Waals surface area (Å²) in [6, 6.07) is 10.9. The molecule has 0 saturated carbocycles. The highest BCUT2D eigenvalue weighted by atomic mass is 15.1. The maximum Gasteiger partial charge on any atom is 0.154 e. The van der Waals surface area contributed by atoms with Gasteiger partial charge in [0, 0.05) is 24.8 Å². The Hall–Kier alpha value is -2.92. The van der Waals surface area contributed by atoms with Gasteiger partial charge in [0.15, 0.2) is 5.82 Å². The highest BCUT2D eigenvalue weighted by Crippen LogP contribution is 2.35. The Morgan fingerprint density at radius 1 is 1.04 bits per heavy atom. The quantitative estimate of drug-likeness (QED) is 0.574. The number of rotatable bonds is 4. The molecule has 5 nitrogen and oxygen atoms in total. The molecule has 4 aromatic rings. The number of fused-ring (bicyclic) bond motifs is 3. The van der Waals surface area contributed by atoms with E-state index in [2.05, 4.69) is 77.0 Å². The van der Waals surface area contributed by atoms with Crippen LogP contribution in [0.15, 0.2) is 36.5 Å². The Morgan fingerprint density at radius 3 is 2.48 bits per heavy atom. The second-order valence-electron chi connectivity index (χ2n) is 7.16. The first-order valence-electron chi connectivity index (χ1n) is 9.30. The highest BCUT2D eigenvalue weighted by Gasteiger charge is 2.16. The van der Waals surface area contributed by atoms with Gasteiger partial charge in [-0.05, 0) is 56.5 Å². The first-order valence-corrected chi connectivity index (χ1v) is 9.30. The topological polar surface area (TPSA) is 68.2 Å². The molecule has 0 atom stereocenters. The number of nitrogens with one attached hydrogen (secondary N) is 1. The summed E-state index contributed by atoms with van der Waals surface area (Å²) in [5.41, 5.74) is 15.1. The van der Waals surface area contributed by atoms with Crippen LogP contribution in [0.2, 0.25) is 0 Å². The van der Waals surface area contributed by atoms with Gasteiger partial charge >= 0.3 is 0 Å². The van der Waals surface area contributed by atoms with Crippen LogP contribution in [0.25, 0.3) is 27.7 Å². The van der Waals surface area contributed by atoms with Crippen molar-refractivity contribution < 1.29 is 0 Å². The highest BCUT2D eigenvalue weighted by molar-refractivity contribution is 5.97. The fourth-order valence-corrected chi connectivity index (χ4v) is 4.05. The maximum atomic E-state index is 5.68. The zero-order valence-electron chi connectivity index (χ0n) is 16.3. The van der Waals surface area contributed by atoms with Gasteiger partial charge in [0.2, 0.25) is 0 Å². The normalized spacial score (nSPS) is 11.4. The third kappa shape index (κ3) is 2.94. The molecule has 3 N–H and O–H groups in total. The molecule has 0 spiro atoms. The number of benzene rings is 1. The molecule has 0 amide bonds. The molecule has 3 aromatic heterocycles. The van der Waals surface area contributed by atoms with E-state index in [0.717, 1.165) is 28.2 Å². The van der Waals surface area contributed by atoms with Gasteiger partial charge in [0.25, 0.3) is 0 Å². The van der Waals surface area contributed by atoms with Crippen molar-refractivity contribution in [3.63, 3.8) is 0 Å². The predicted molar refractivity (Wildman–Crippen MR) is 112 cm³/mol. The molecule has 3 heterocycles. The third-order valence-electron chi connectivity index (χ3n) is 4.95. The minimum absolute atomic E-state index is 0.556. The second-order valence-corrected chi connectivity index (χ2v) is 7.16. The molecule has 0 aliphatic heterocycles. The summed E-state index contributed by atoms with van der Waals surface area (Å²) < 4.78 is 2.18. The maximum absolute atomic E-state index is 5.68. The largest absolute Gasteiger partial charge is 0.367 e. The number of pyridine rings is 1. The fraction of sp³-hybridized carbons (Fsp3) is 0.273. The van der Waals surface area contributed by atoms with Crippen LogP contribution in [0.3, 0.4) is 0 Å². The van der Waals surface area contributed by atoms with Crippen molar-refractivity contribution in [2.24, 2.45) is 5.73 Å². The average molecular weight is 359 g/mol. The monoisotopic (exact) mass is 359 g/mol. The zero-order valence-corrected chi connectivity index (χ0v) is 16.3. The lowest BCUT2D eigenvalue weighted by molar-refractivity contribution is 0.994. The summed E-state index contributed by atoms with van der Waals surface area (Å²) in [4.78, 5) is 9.28. The van der Waals surface area contributed by atoms with Crippen molar-refractivity contribution in [3.8, 4) is 11.1 Å². The van der Waals surface area contributed by atoms with Crippen molar-refractivity contribution in [1.29, 1.82) is 0 Å². The van der Waals surface area contributed by atoms with Gasteiger partial charge in [0.05, 0.1) is 11.0 Å². The van der Waals surface area contributed by atoms with Crippen LogP contribution in [-0.4, -0.2) is 27.5 Å². The molecule has 0 aliphatic rings. The summed E-state index contributed by atoms with van der Waals surface area (Å²) in [5.74, 6) is 1.58. The molecular formula is C22H25N5. The SMILES string of the molecule is Cc1cc(C)c(-c2cccn3c2cc2nc(C)nc(NCCN)c23)c(C)c1. The van der Waals surface area contributed by atoms with E-state index in [1.807, 2.05) is 6.92 Å². The minimum Gasteiger partial charge on any atom is -0.367 e. The lowest BCUT2D eigenvalue weighted by atomic mass is 9.94. The summed E-state index contributed by atoms with van der Waals surface area (Å²) in [6.45, 7) is 9.66. The molecule has 0 bridgehead atoms. The van der Waals surface area contributed by atoms with Gasteiger partial charge in [-0.1, -0.05) is 23.8 Å². The molecule has 27 heavy (non-hydrogen) atoms. The van der Waals surface area contributed by atoms with Crippen LogP contribution >= 0.6 is 0 Å². The summed E-state index contributed by atoms with van der Waals surface area (Å²) >= 11 is 0. The van der Waals surface area contributed by atoms with Crippen molar-refractivity contribution in [2.75, 3.05) is 18.4 Å². The Balaban J connectivity index is 2.04. The second kappa shape index (κ2) is 6.67. The van der Waals surface area contributed by atoms with Gasteiger partial charge in [0.1, 0.15) is 11.3 Å². The summed E-state index contributed by atoms with van der Waals surface area (Å²) in [6.07, 6.45) is 2.08. The molecule has 4 rings (SSSR count). The fourth-order valence-electron chi connectivity index (χ4n) is 4.05. The van der Waals surface area contributed by atoms with E-state index in [9.17, 15) is 0 Å². The third-order valence-corrected chi connectivity index (χ3v) is 4.95. The molecule has 138 valence electrons. The number of hydrogen-bond acceptors (Lipinski definition) is 4. The Kier molecular flexibility index (Phi) is 4.32. The summed E-state index contributed by atoms with van der Waals surface area (Å²) in [5, 5.41) is 3.35. The molecule has 0 radical (unpaired) electrons. The van der Waals surface area contributed by atoms with E-state index < -0.39 is 0 Å². The number of anilines is 1. The van der Waals surface area contributed by atoms with Crippen LogP contribution in [-0.2, 0) is 0 Å².